The van der Waals surface area contributed by atoms with Gasteiger partial charge in [0.05, 0.1) is 5.39 Å². The van der Waals surface area contributed by atoms with Crippen molar-refractivity contribution < 1.29 is 0 Å². The lowest BCUT2D eigenvalue weighted by Gasteiger charge is -2.15. The molecule has 0 aromatic carbocycles. The number of hydrogen-bond acceptors (Lipinski definition) is 5. The number of fused-ring (bicyclic) bond motifs is 1. The average molecular weight is 276 g/mol. The summed E-state index contributed by atoms with van der Waals surface area (Å²) in [6.45, 7) is 6.20. The molecular weight excluding hydrogens is 256 g/mol. The summed E-state index contributed by atoms with van der Waals surface area (Å²) < 4.78 is 0. The van der Waals surface area contributed by atoms with Crippen LogP contribution < -0.4 is 10.6 Å². The molecule has 102 valence electrons. The lowest BCUT2D eigenvalue weighted by Crippen LogP contribution is -2.16. The molecule has 0 bridgehead atoms. The van der Waals surface area contributed by atoms with Crippen molar-refractivity contribution in [2.24, 2.45) is 5.41 Å². The lowest BCUT2D eigenvalue weighted by molar-refractivity contribution is 0.521. The first kappa shape index (κ1) is 12.7. The third-order valence-electron chi connectivity index (χ3n) is 4.00. The molecule has 1 saturated carbocycles. The van der Waals surface area contributed by atoms with Crippen LogP contribution in [0.25, 0.3) is 10.2 Å². The number of hydrogen-bond donors (Lipinski definition) is 2. The van der Waals surface area contributed by atoms with Crippen molar-refractivity contribution in [2.75, 3.05) is 23.7 Å². The largest absolute Gasteiger partial charge is 0.369 e. The van der Waals surface area contributed by atoms with Crippen molar-refractivity contribution in [1.82, 2.24) is 9.97 Å². The van der Waals surface area contributed by atoms with E-state index < -0.39 is 0 Å². The summed E-state index contributed by atoms with van der Waals surface area (Å²) in [5.74, 6) is 1.70. The van der Waals surface area contributed by atoms with Crippen molar-refractivity contribution in [3.63, 3.8) is 0 Å². The van der Waals surface area contributed by atoms with Crippen LogP contribution in [0.15, 0.2) is 11.4 Å². The number of anilines is 2. The summed E-state index contributed by atoms with van der Waals surface area (Å²) in [6.07, 6.45) is 3.93. The topological polar surface area (TPSA) is 49.8 Å². The maximum absolute atomic E-state index is 4.60. The highest BCUT2D eigenvalue weighted by atomic mass is 32.1. The van der Waals surface area contributed by atoms with Crippen LogP contribution in [0.2, 0.25) is 0 Å². The van der Waals surface area contributed by atoms with Crippen LogP contribution in [-0.4, -0.2) is 23.1 Å². The third kappa shape index (κ3) is 2.52. The Balaban J connectivity index is 1.85. The van der Waals surface area contributed by atoms with Crippen LogP contribution in [-0.2, 0) is 0 Å². The highest BCUT2D eigenvalue weighted by molar-refractivity contribution is 7.16. The molecule has 2 heterocycles. The summed E-state index contributed by atoms with van der Waals surface area (Å²) in [5.41, 5.74) is 0.519. The van der Waals surface area contributed by atoms with E-state index in [1.807, 2.05) is 0 Å². The van der Waals surface area contributed by atoms with Crippen LogP contribution in [0.1, 0.15) is 33.1 Å². The zero-order chi connectivity index (χ0) is 13.3. The SMILES string of the molecule is CCNc1nc(NCC2(CC)CC2)c2ccsc2n1. The maximum Gasteiger partial charge on any atom is 0.226 e. The van der Waals surface area contributed by atoms with E-state index in [1.165, 1.54) is 19.3 Å². The van der Waals surface area contributed by atoms with Gasteiger partial charge in [0.15, 0.2) is 0 Å². The summed E-state index contributed by atoms with van der Waals surface area (Å²) in [6, 6.07) is 2.10. The van der Waals surface area contributed by atoms with Crippen LogP contribution in [0.4, 0.5) is 11.8 Å². The molecule has 2 aromatic rings. The molecule has 1 aliphatic rings. The van der Waals surface area contributed by atoms with Gasteiger partial charge in [-0.3, -0.25) is 0 Å². The normalized spacial score (nSPS) is 16.5. The Morgan fingerprint density at radius 3 is 2.79 bits per heavy atom. The van der Waals surface area contributed by atoms with Crippen LogP contribution >= 0.6 is 11.3 Å². The molecule has 0 radical (unpaired) electrons. The molecule has 19 heavy (non-hydrogen) atoms. The first-order chi connectivity index (χ1) is 9.26. The molecule has 5 heteroatoms. The molecular formula is C14H20N4S. The molecule has 3 rings (SSSR count). The van der Waals surface area contributed by atoms with Crippen LogP contribution in [0.5, 0.6) is 0 Å². The standard InChI is InChI=1S/C14H20N4S/c1-3-14(6-7-14)9-16-11-10-5-8-19-12(10)18-13(17-11)15-4-2/h5,8H,3-4,6-7,9H2,1-2H3,(H2,15,16,17,18). The van der Waals surface area contributed by atoms with Gasteiger partial charge >= 0.3 is 0 Å². The third-order valence-corrected chi connectivity index (χ3v) is 4.80. The van der Waals surface area contributed by atoms with Gasteiger partial charge in [0.1, 0.15) is 10.6 Å². The minimum atomic E-state index is 0.519. The molecule has 1 aliphatic carbocycles. The molecule has 0 amide bonds. The maximum atomic E-state index is 4.60. The second-order valence-electron chi connectivity index (χ2n) is 5.27. The fourth-order valence-electron chi connectivity index (χ4n) is 2.33. The first-order valence-corrected chi connectivity index (χ1v) is 7.87. The van der Waals surface area contributed by atoms with Crippen LogP contribution in [0.3, 0.4) is 0 Å². The molecule has 2 aromatic heterocycles. The molecule has 0 aliphatic heterocycles. The summed E-state index contributed by atoms with van der Waals surface area (Å²) >= 11 is 1.67. The molecule has 0 spiro atoms. The molecule has 0 unspecified atom stereocenters. The van der Waals surface area contributed by atoms with Gasteiger partial charge in [-0.15, -0.1) is 11.3 Å². The Morgan fingerprint density at radius 1 is 1.26 bits per heavy atom. The monoisotopic (exact) mass is 276 g/mol. The predicted octanol–water partition coefficient (Wildman–Crippen LogP) is 3.73. The predicted molar refractivity (Wildman–Crippen MR) is 82.0 cm³/mol. The van der Waals surface area contributed by atoms with E-state index in [-0.39, 0.29) is 0 Å². The summed E-state index contributed by atoms with van der Waals surface area (Å²) in [5, 5.41) is 9.96. The van der Waals surface area contributed by atoms with E-state index >= 15 is 0 Å². The molecule has 1 fully saturated rings. The van der Waals surface area contributed by atoms with Gasteiger partial charge < -0.3 is 10.6 Å². The minimum absolute atomic E-state index is 0.519. The van der Waals surface area contributed by atoms with Crippen molar-refractivity contribution >= 4 is 33.3 Å². The van der Waals surface area contributed by atoms with E-state index in [9.17, 15) is 0 Å². The lowest BCUT2D eigenvalue weighted by atomic mass is 10.0. The Kier molecular flexibility index (Phi) is 3.31. The zero-order valence-corrected chi connectivity index (χ0v) is 12.3. The van der Waals surface area contributed by atoms with Gasteiger partial charge in [-0.25, -0.2) is 4.98 Å². The second-order valence-corrected chi connectivity index (χ2v) is 6.17. The molecule has 0 saturated heterocycles. The minimum Gasteiger partial charge on any atom is -0.369 e. The zero-order valence-electron chi connectivity index (χ0n) is 11.5. The van der Waals surface area contributed by atoms with Crippen molar-refractivity contribution in [1.29, 1.82) is 0 Å². The van der Waals surface area contributed by atoms with E-state index in [0.29, 0.717) is 5.41 Å². The number of rotatable bonds is 6. The van der Waals surface area contributed by atoms with Gasteiger partial charge in [0.2, 0.25) is 5.95 Å². The Labute approximate surface area is 117 Å². The van der Waals surface area contributed by atoms with Gasteiger partial charge in [-0.05, 0) is 43.0 Å². The van der Waals surface area contributed by atoms with E-state index in [1.54, 1.807) is 11.3 Å². The van der Waals surface area contributed by atoms with Gasteiger partial charge in [0, 0.05) is 13.1 Å². The van der Waals surface area contributed by atoms with E-state index in [4.69, 9.17) is 0 Å². The van der Waals surface area contributed by atoms with Crippen LogP contribution in [0, 0.1) is 5.41 Å². The fourth-order valence-corrected chi connectivity index (χ4v) is 3.09. The Bertz CT molecular complexity index is 574. The Morgan fingerprint density at radius 2 is 2.11 bits per heavy atom. The van der Waals surface area contributed by atoms with E-state index in [0.717, 1.165) is 35.1 Å². The molecule has 4 nitrogen and oxygen atoms in total. The number of aromatic nitrogens is 2. The number of thiophene rings is 1. The highest BCUT2D eigenvalue weighted by Gasteiger charge is 2.40. The van der Waals surface area contributed by atoms with E-state index in [2.05, 4.69) is 45.9 Å². The van der Waals surface area contributed by atoms with Crippen molar-refractivity contribution in [3.8, 4) is 0 Å². The average Bonchev–Trinajstić information content (AvgIpc) is 3.05. The van der Waals surface area contributed by atoms with Gasteiger partial charge in [0.25, 0.3) is 0 Å². The number of nitrogens with zero attached hydrogens (tertiary/aromatic N) is 2. The smallest absolute Gasteiger partial charge is 0.226 e. The number of nitrogens with one attached hydrogen (secondary N) is 2. The first-order valence-electron chi connectivity index (χ1n) is 6.99. The fraction of sp³-hybridized carbons (Fsp3) is 0.571. The quantitative estimate of drug-likeness (QED) is 0.844. The second kappa shape index (κ2) is 4.96. The van der Waals surface area contributed by atoms with Gasteiger partial charge in [-0.1, -0.05) is 6.92 Å². The summed E-state index contributed by atoms with van der Waals surface area (Å²) in [4.78, 5) is 10.2. The van der Waals surface area contributed by atoms with Crippen molar-refractivity contribution in [2.45, 2.75) is 33.1 Å². The molecule has 0 atom stereocenters. The highest BCUT2D eigenvalue weighted by Crippen LogP contribution is 2.48. The van der Waals surface area contributed by atoms with Gasteiger partial charge in [-0.2, -0.15) is 4.98 Å². The Hall–Kier alpha value is -1.36. The summed E-state index contributed by atoms with van der Waals surface area (Å²) in [7, 11) is 0. The molecule has 2 N–H and O–H groups in total. The van der Waals surface area contributed by atoms with Crippen molar-refractivity contribution in [3.05, 3.63) is 11.4 Å².